The zero-order chi connectivity index (χ0) is 11.4. The van der Waals surface area contributed by atoms with Crippen LogP contribution in [0.4, 0.5) is 5.69 Å². The number of anilines is 1. The third kappa shape index (κ3) is 2.52. The van der Waals surface area contributed by atoms with E-state index in [0.717, 1.165) is 30.8 Å². The number of aryl methyl sites for hydroxylation is 1. The summed E-state index contributed by atoms with van der Waals surface area (Å²) in [5.74, 6) is 0.692. The summed E-state index contributed by atoms with van der Waals surface area (Å²) in [4.78, 5) is 11.1. The van der Waals surface area contributed by atoms with Gasteiger partial charge in [0, 0.05) is 0 Å². The maximum Gasteiger partial charge on any atom is 0.262 e. The van der Waals surface area contributed by atoms with Gasteiger partial charge in [0.25, 0.3) is 5.91 Å². The van der Waals surface area contributed by atoms with Crippen LogP contribution in [-0.2, 0) is 11.2 Å². The lowest BCUT2D eigenvalue weighted by Crippen LogP contribution is -2.25. The predicted octanol–water partition coefficient (Wildman–Crippen LogP) is 1.17. The van der Waals surface area contributed by atoms with Crippen LogP contribution in [0.5, 0.6) is 5.75 Å². The van der Waals surface area contributed by atoms with Crippen LogP contribution >= 0.6 is 0 Å². The Bertz CT molecular complexity index is 391. The van der Waals surface area contributed by atoms with E-state index in [1.165, 1.54) is 5.56 Å². The summed E-state index contributed by atoms with van der Waals surface area (Å²) in [6.45, 7) is 1.13. The van der Waals surface area contributed by atoms with Crippen molar-refractivity contribution in [2.75, 3.05) is 25.5 Å². The minimum absolute atomic E-state index is 0.0876. The van der Waals surface area contributed by atoms with E-state index in [0.29, 0.717) is 0 Å². The van der Waals surface area contributed by atoms with Crippen molar-refractivity contribution in [3.63, 3.8) is 0 Å². The molecule has 0 aromatic heterocycles. The smallest absolute Gasteiger partial charge is 0.262 e. The number of hydrogen-bond acceptors (Lipinski definition) is 3. The van der Waals surface area contributed by atoms with E-state index in [4.69, 9.17) is 4.74 Å². The lowest BCUT2D eigenvalue weighted by Gasteiger charge is -2.18. The molecule has 0 aliphatic carbocycles. The van der Waals surface area contributed by atoms with E-state index < -0.39 is 0 Å². The summed E-state index contributed by atoms with van der Waals surface area (Å²) in [6, 6.07) is 5.94. The molecule has 0 saturated carbocycles. The summed E-state index contributed by atoms with van der Waals surface area (Å²) < 4.78 is 5.36. The third-order valence-corrected chi connectivity index (χ3v) is 2.57. The quantitative estimate of drug-likeness (QED) is 0.749. The fourth-order valence-corrected chi connectivity index (χ4v) is 1.74. The fourth-order valence-electron chi connectivity index (χ4n) is 1.74. The average Bonchev–Trinajstić information content (AvgIpc) is 2.29. The largest absolute Gasteiger partial charge is 0.482 e. The average molecular weight is 220 g/mol. The van der Waals surface area contributed by atoms with Crippen LogP contribution in [0.1, 0.15) is 12.0 Å². The Morgan fingerprint density at radius 2 is 2.38 bits per heavy atom. The van der Waals surface area contributed by atoms with Crippen molar-refractivity contribution in [2.24, 2.45) is 0 Å². The number of carbonyl (C=O) groups excluding carboxylic acids is 1. The third-order valence-electron chi connectivity index (χ3n) is 2.57. The minimum Gasteiger partial charge on any atom is -0.482 e. The lowest BCUT2D eigenvalue weighted by molar-refractivity contribution is -0.118. The predicted molar refractivity (Wildman–Crippen MR) is 62.8 cm³/mol. The second-order valence-corrected chi connectivity index (χ2v) is 3.87. The van der Waals surface area contributed by atoms with Gasteiger partial charge in [0.1, 0.15) is 5.75 Å². The Morgan fingerprint density at radius 1 is 1.50 bits per heavy atom. The van der Waals surface area contributed by atoms with Gasteiger partial charge in [0.2, 0.25) is 0 Å². The van der Waals surface area contributed by atoms with E-state index >= 15 is 0 Å². The molecular formula is C12H16N2O2. The van der Waals surface area contributed by atoms with Crippen molar-refractivity contribution in [2.45, 2.75) is 12.8 Å². The Kier molecular flexibility index (Phi) is 3.41. The minimum atomic E-state index is -0.0876. The first-order valence-corrected chi connectivity index (χ1v) is 5.50. The molecule has 0 unspecified atom stereocenters. The Hall–Kier alpha value is -1.55. The second kappa shape index (κ2) is 4.99. The highest BCUT2D eigenvalue weighted by Crippen LogP contribution is 2.28. The molecule has 1 aromatic rings. The SMILES string of the molecule is CNCCCc1ccc2c(c1)OCC(=O)N2. The molecular weight excluding hydrogens is 204 g/mol. The van der Waals surface area contributed by atoms with Gasteiger partial charge in [-0.05, 0) is 44.1 Å². The molecule has 1 aliphatic rings. The molecule has 0 radical (unpaired) electrons. The molecule has 86 valence electrons. The highest BCUT2D eigenvalue weighted by atomic mass is 16.5. The summed E-state index contributed by atoms with van der Waals surface area (Å²) >= 11 is 0. The molecule has 0 bridgehead atoms. The van der Waals surface area contributed by atoms with Crippen molar-refractivity contribution < 1.29 is 9.53 Å². The van der Waals surface area contributed by atoms with Crippen LogP contribution in [0.3, 0.4) is 0 Å². The van der Waals surface area contributed by atoms with E-state index in [1.807, 2.05) is 25.2 Å². The van der Waals surface area contributed by atoms with Gasteiger partial charge >= 0.3 is 0 Å². The summed E-state index contributed by atoms with van der Waals surface area (Å²) in [7, 11) is 1.95. The number of carbonyl (C=O) groups is 1. The molecule has 0 atom stereocenters. The maximum absolute atomic E-state index is 11.1. The molecule has 1 heterocycles. The molecule has 1 aliphatic heterocycles. The Labute approximate surface area is 95.0 Å². The number of hydrogen-bond donors (Lipinski definition) is 2. The van der Waals surface area contributed by atoms with Crippen LogP contribution in [0.15, 0.2) is 18.2 Å². The van der Waals surface area contributed by atoms with Crippen molar-refractivity contribution in [1.82, 2.24) is 5.32 Å². The molecule has 4 nitrogen and oxygen atoms in total. The number of fused-ring (bicyclic) bond motifs is 1. The second-order valence-electron chi connectivity index (χ2n) is 3.87. The topological polar surface area (TPSA) is 50.4 Å². The van der Waals surface area contributed by atoms with E-state index in [-0.39, 0.29) is 12.5 Å². The van der Waals surface area contributed by atoms with Crippen molar-refractivity contribution in [1.29, 1.82) is 0 Å². The summed E-state index contributed by atoms with van der Waals surface area (Å²) in [6.07, 6.45) is 2.12. The van der Waals surface area contributed by atoms with Crippen LogP contribution in [0.2, 0.25) is 0 Å². The molecule has 16 heavy (non-hydrogen) atoms. The number of ether oxygens (including phenoxy) is 1. The van der Waals surface area contributed by atoms with Gasteiger partial charge in [-0.1, -0.05) is 6.07 Å². The highest BCUT2D eigenvalue weighted by molar-refractivity contribution is 5.95. The van der Waals surface area contributed by atoms with Crippen molar-refractivity contribution >= 4 is 11.6 Å². The maximum atomic E-state index is 11.1. The Morgan fingerprint density at radius 3 is 3.19 bits per heavy atom. The standard InChI is InChI=1S/C12H16N2O2/c1-13-6-2-3-9-4-5-10-11(7-9)16-8-12(15)14-10/h4-5,7,13H,2-3,6,8H2,1H3,(H,14,15). The highest BCUT2D eigenvalue weighted by Gasteiger charge is 2.15. The number of nitrogens with one attached hydrogen (secondary N) is 2. The molecule has 2 rings (SSSR count). The fraction of sp³-hybridized carbons (Fsp3) is 0.417. The summed E-state index contributed by atoms with van der Waals surface area (Å²) in [5, 5.41) is 5.90. The van der Waals surface area contributed by atoms with Gasteiger partial charge in [0.05, 0.1) is 5.69 Å². The van der Waals surface area contributed by atoms with E-state index in [2.05, 4.69) is 10.6 Å². The number of benzene rings is 1. The first-order chi connectivity index (χ1) is 7.79. The van der Waals surface area contributed by atoms with Crippen LogP contribution < -0.4 is 15.4 Å². The van der Waals surface area contributed by atoms with Gasteiger partial charge < -0.3 is 15.4 Å². The van der Waals surface area contributed by atoms with Crippen LogP contribution in [-0.4, -0.2) is 26.1 Å². The summed E-state index contributed by atoms with van der Waals surface area (Å²) in [5.41, 5.74) is 2.01. The van der Waals surface area contributed by atoms with Crippen LogP contribution in [0, 0.1) is 0 Å². The zero-order valence-electron chi connectivity index (χ0n) is 9.38. The number of amides is 1. The first kappa shape index (κ1) is 11.0. The van der Waals surface area contributed by atoms with Crippen LogP contribution in [0.25, 0.3) is 0 Å². The molecule has 1 aromatic carbocycles. The number of rotatable bonds is 4. The first-order valence-electron chi connectivity index (χ1n) is 5.50. The Balaban J connectivity index is 2.04. The molecule has 4 heteroatoms. The van der Waals surface area contributed by atoms with Crippen molar-refractivity contribution in [3.8, 4) is 5.75 Å². The van der Waals surface area contributed by atoms with E-state index in [1.54, 1.807) is 0 Å². The molecule has 2 N–H and O–H groups in total. The van der Waals surface area contributed by atoms with Gasteiger partial charge in [-0.2, -0.15) is 0 Å². The van der Waals surface area contributed by atoms with E-state index in [9.17, 15) is 4.79 Å². The van der Waals surface area contributed by atoms with Gasteiger partial charge in [-0.3, -0.25) is 4.79 Å². The normalized spacial score (nSPS) is 13.9. The molecule has 0 spiro atoms. The van der Waals surface area contributed by atoms with Gasteiger partial charge in [-0.15, -0.1) is 0 Å². The van der Waals surface area contributed by atoms with Crippen molar-refractivity contribution in [3.05, 3.63) is 23.8 Å². The lowest BCUT2D eigenvalue weighted by atomic mass is 10.1. The molecule has 0 saturated heterocycles. The molecule has 1 amide bonds. The monoisotopic (exact) mass is 220 g/mol. The zero-order valence-corrected chi connectivity index (χ0v) is 9.38. The van der Waals surface area contributed by atoms with Gasteiger partial charge in [0.15, 0.2) is 6.61 Å². The van der Waals surface area contributed by atoms with Gasteiger partial charge in [-0.25, -0.2) is 0 Å². The molecule has 0 fully saturated rings.